The van der Waals surface area contributed by atoms with E-state index in [1.165, 1.54) is 0 Å². The summed E-state index contributed by atoms with van der Waals surface area (Å²) in [6, 6.07) is 5.06. The molecule has 1 atom stereocenters. The van der Waals surface area contributed by atoms with Gasteiger partial charge in [0.25, 0.3) is 0 Å². The van der Waals surface area contributed by atoms with Crippen LogP contribution in [0.1, 0.15) is 23.7 Å². The van der Waals surface area contributed by atoms with Crippen LogP contribution in [-0.2, 0) is 4.74 Å². The zero-order valence-electron chi connectivity index (χ0n) is 10.3. The van der Waals surface area contributed by atoms with Crippen LogP contribution in [0.3, 0.4) is 0 Å². The summed E-state index contributed by atoms with van der Waals surface area (Å²) in [5, 5.41) is 0.535. The summed E-state index contributed by atoms with van der Waals surface area (Å²) in [6.07, 6.45) is 0.686. The molecular weight excluding hydrogens is 240 g/mol. The third-order valence-corrected chi connectivity index (χ3v) is 2.86. The molecule has 0 heterocycles. The highest BCUT2D eigenvalue weighted by Crippen LogP contribution is 2.26. The van der Waals surface area contributed by atoms with Crippen LogP contribution in [0.5, 0.6) is 5.75 Å². The van der Waals surface area contributed by atoms with Gasteiger partial charge in [0.2, 0.25) is 0 Å². The van der Waals surface area contributed by atoms with Crippen LogP contribution in [0.15, 0.2) is 18.2 Å². The summed E-state index contributed by atoms with van der Waals surface area (Å²) >= 11 is 5.89. The molecule has 1 unspecified atom stereocenters. The van der Waals surface area contributed by atoms with Gasteiger partial charge < -0.3 is 9.47 Å². The molecule has 0 spiro atoms. The van der Waals surface area contributed by atoms with Crippen molar-refractivity contribution in [3.05, 3.63) is 28.8 Å². The predicted octanol–water partition coefficient (Wildman–Crippen LogP) is 3.20. The Bertz CT molecular complexity index is 390. The van der Waals surface area contributed by atoms with E-state index in [0.717, 1.165) is 0 Å². The Balaban J connectivity index is 2.90. The molecule has 0 saturated carbocycles. The van der Waals surface area contributed by atoms with Gasteiger partial charge in [-0.2, -0.15) is 0 Å². The number of ketones is 1. The molecule has 0 aliphatic heterocycles. The quantitative estimate of drug-likeness (QED) is 0.734. The van der Waals surface area contributed by atoms with Crippen molar-refractivity contribution < 1.29 is 14.3 Å². The number of carbonyl (C=O) groups excluding carboxylic acids is 1. The Morgan fingerprint density at radius 2 is 2.12 bits per heavy atom. The van der Waals surface area contributed by atoms with Gasteiger partial charge in [0.15, 0.2) is 5.78 Å². The highest BCUT2D eigenvalue weighted by Gasteiger charge is 2.19. The molecule has 1 rings (SSSR count). The number of benzene rings is 1. The zero-order valence-corrected chi connectivity index (χ0v) is 11.1. The SMILES string of the molecule is COCCC(C)C(=O)c1cc(Cl)ccc1OC. The van der Waals surface area contributed by atoms with Crippen molar-refractivity contribution in [2.75, 3.05) is 20.8 Å². The van der Waals surface area contributed by atoms with Crippen molar-refractivity contribution in [3.63, 3.8) is 0 Å². The minimum absolute atomic E-state index is 0.0291. The fourth-order valence-electron chi connectivity index (χ4n) is 1.56. The van der Waals surface area contributed by atoms with Crippen molar-refractivity contribution in [1.82, 2.24) is 0 Å². The predicted molar refractivity (Wildman–Crippen MR) is 68.0 cm³/mol. The van der Waals surface area contributed by atoms with Crippen molar-refractivity contribution >= 4 is 17.4 Å². The van der Waals surface area contributed by atoms with Gasteiger partial charge in [-0.05, 0) is 24.6 Å². The molecule has 17 heavy (non-hydrogen) atoms. The lowest BCUT2D eigenvalue weighted by Gasteiger charge is -2.13. The number of methoxy groups -OCH3 is 2. The minimum atomic E-state index is -0.109. The Hall–Kier alpha value is -1.06. The highest BCUT2D eigenvalue weighted by atomic mass is 35.5. The molecule has 0 bridgehead atoms. The third kappa shape index (κ3) is 3.72. The van der Waals surface area contributed by atoms with Crippen molar-refractivity contribution in [2.24, 2.45) is 5.92 Å². The Morgan fingerprint density at radius 3 is 2.71 bits per heavy atom. The van der Waals surface area contributed by atoms with E-state index in [1.807, 2.05) is 6.92 Å². The zero-order chi connectivity index (χ0) is 12.8. The molecule has 0 amide bonds. The first-order valence-corrected chi connectivity index (χ1v) is 5.84. The molecule has 0 radical (unpaired) electrons. The Labute approximate surface area is 107 Å². The van der Waals surface area contributed by atoms with Gasteiger partial charge >= 0.3 is 0 Å². The highest BCUT2D eigenvalue weighted by molar-refractivity contribution is 6.31. The lowest BCUT2D eigenvalue weighted by molar-refractivity contribution is 0.0890. The van der Waals surface area contributed by atoms with Crippen molar-refractivity contribution in [2.45, 2.75) is 13.3 Å². The number of carbonyl (C=O) groups is 1. The molecule has 0 N–H and O–H groups in total. The van der Waals surface area contributed by atoms with E-state index in [0.29, 0.717) is 29.4 Å². The van der Waals surface area contributed by atoms with Crippen molar-refractivity contribution in [1.29, 1.82) is 0 Å². The monoisotopic (exact) mass is 256 g/mol. The van der Waals surface area contributed by atoms with E-state index < -0.39 is 0 Å². The van der Waals surface area contributed by atoms with Gasteiger partial charge in [-0.1, -0.05) is 18.5 Å². The Kier molecular flexibility index (Phi) is 5.45. The van der Waals surface area contributed by atoms with Crippen LogP contribution >= 0.6 is 11.6 Å². The molecule has 0 aliphatic carbocycles. The minimum Gasteiger partial charge on any atom is -0.496 e. The molecule has 0 saturated heterocycles. The van der Waals surface area contributed by atoms with Crippen LogP contribution in [0.25, 0.3) is 0 Å². The van der Waals surface area contributed by atoms with E-state index in [4.69, 9.17) is 21.1 Å². The Morgan fingerprint density at radius 1 is 1.41 bits per heavy atom. The number of Topliss-reactive ketones (excluding diaryl/α,β-unsaturated/α-hetero) is 1. The fraction of sp³-hybridized carbons (Fsp3) is 0.462. The molecule has 1 aromatic carbocycles. The van der Waals surface area contributed by atoms with Crippen LogP contribution < -0.4 is 4.74 Å². The number of ether oxygens (including phenoxy) is 2. The van der Waals surface area contributed by atoms with Crippen LogP contribution in [0.4, 0.5) is 0 Å². The largest absolute Gasteiger partial charge is 0.496 e. The van der Waals surface area contributed by atoms with Crippen LogP contribution in [-0.4, -0.2) is 26.6 Å². The third-order valence-electron chi connectivity index (χ3n) is 2.63. The molecular formula is C13H17ClO3. The van der Waals surface area contributed by atoms with Gasteiger partial charge in [0.1, 0.15) is 5.75 Å². The molecule has 0 fully saturated rings. The topological polar surface area (TPSA) is 35.5 Å². The summed E-state index contributed by atoms with van der Waals surface area (Å²) in [7, 11) is 3.16. The molecule has 1 aromatic rings. The summed E-state index contributed by atoms with van der Waals surface area (Å²) in [6.45, 7) is 2.44. The van der Waals surface area contributed by atoms with E-state index in [9.17, 15) is 4.79 Å². The lowest BCUT2D eigenvalue weighted by atomic mass is 9.96. The first kappa shape index (κ1) is 14.0. The maximum Gasteiger partial charge on any atom is 0.169 e. The van der Waals surface area contributed by atoms with Crippen LogP contribution in [0.2, 0.25) is 5.02 Å². The molecule has 0 aromatic heterocycles. The normalized spacial score (nSPS) is 12.2. The second-order valence-electron chi connectivity index (χ2n) is 3.89. The summed E-state index contributed by atoms with van der Waals surface area (Å²) in [4.78, 5) is 12.2. The van der Waals surface area contributed by atoms with E-state index in [-0.39, 0.29) is 11.7 Å². The van der Waals surface area contributed by atoms with Gasteiger partial charge in [0, 0.05) is 24.7 Å². The molecule has 3 nitrogen and oxygen atoms in total. The first-order chi connectivity index (χ1) is 8.10. The maximum absolute atomic E-state index is 12.2. The number of halogens is 1. The fourth-order valence-corrected chi connectivity index (χ4v) is 1.74. The summed E-state index contributed by atoms with van der Waals surface area (Å²) in [5.74, 6) is 0.479. The van der Waals surface area contributed by atoms with Gasteiger partial charge in [-0.15, -0.1) is 0 Å². The smallest absolute Gasteiger partial charge is 0.169 e. The number of rotatable bonds is 6. The standard InChI is InChI=1S/C13H17ClO3/c1-9(6-7-16-2)13(15)11-8-10(14)4-5-12(11)17-3/h4-5,8-9H,6-7H2,1-3H3. The average Bonchev–Trinajstić information content (AvgIpc) is 2.34. The lowest BCUT2D eigenvalue weighted by Crippen LogP contribution is -2.14. The van der Waals surface area contributed by atoms with Gasteiger partial charge in [-0.3, -0.25) is 4.79 Å². The summed E-state index contributed by atoms with van der Waals surface area (Å²) in [5.41, 5.74) is 0.531. The first-order valence-electron chi connectivity index (χ1n) is 5.46. The second kappa shape index (κ2) is 6.62. The number of hydrogen-bond donors (Lipinski definition) is 0. The summed E-state index contributed by atoms with van der Waals surface area (Å²) < 4.78 is 10.1. The maximum atomic E-state index is 12.2. The molecule has 0 aliphatic rings. The van der Waals surface area contributed by atoms with Crippen molar-refractivity contribution in [3.8, 4) is 5.75 Å². The number of hydrogen-bond acceptors (Lipinski definition) is 3. The second-order valence-corrected chi connectivity index (χ2v) is 4.33. The van der Waals surface area contributed by atoms with Crippen LogP contribution in [0, 0.1) is 5.92 Å². The average molecular weight is 257 g/mol. The van der Waals surface area contributed by atoms with E-state index in [2.05, 4.69) is 0 Å². The molecule has 4 heteroatoms. The van der Waals surface area contributed by atoms with Gasteiger partial charge in [0.05, 0.1) is 12.7 Å². The van der Waals surface area contributed by atoms with E-state index >= 15 is 0 Å². The van der Waals surface area contributed by atoms with Gasteiger partial charge in [-0.25, -0.2) is 0 Å². The molecule has 94 valence electrons. The van der Waals surface area contributed by atoms with E-state index in [1.54, 1.807) is 32.4 Å².